The number of benzene rings is 1. The van der Waals surface area contributed by atoms with Crippen LogP contribution in [0.1, 0.15) is 5.56 Å². The van der Waals surface area contributed by atoms with Gasteiger partial charge in [-0.1, -0.05) is 11.6 Å². The molecule has 2 N–H and O–H groups in total. The molecule has 62 valence electrons. The lowest BCUT2D eigenvalue weighted by molar-refractivity contribution is 1.48. The minimum atomic E-state index is 0.616. The highest BCUT2D eigenvalue weighted by Gasteiger charge is 2.09. The third kappa shape index (κ3) is 0.956. The van der Waals surface area contributed by atoms with Gasteiger partial charge < -0.3 is 5.73 Å². The SMILES string of the molecule is Cc1cc(Cl)c2nsnc2c1N. The van der Waals surface area contributed by atoms with Gasteiger partial charge in [-0.2, -0.15) is 8.75 Å². The molecule has 3 nitrogen and oxygen atoms in total. The number of nitrogens with two attached hydrogens (primary N) is 1. The molecule has 0 fully saturated rings. The number of anilines is 1. The van der Waals surface area contributed by atoms with Crippen LogP contribution in [0.15, 0.2) is 6.07 Å². The van der Waals surface area contributed by atoms with Gasteiger partial charge in [-0.05, 0) is 18.6 Å². The van der Waals surface area contributed by atoms with Gasteiger partial charge in [-0.3, -0.25) is 0 Å². The Morgan fingerprint density at radius 3 is 2.83 bits per heavy atom. The van der Waals surface area contributed by atoms with Crippen molar-refractivity contribution >= 4 is 40.0 Å². The van der Waals surface area contributed by atoms with E-state index >= 15 is 0 Å². The van der Waals surface area contributed by atoms with E-state index in [1.54, 1.807) is 6.07 Å². The average molecular weight is 200 g/mol. The molecule has 0 atom stereocenters. The highest BCUT2D eigenvalue weighted by molar-refractivity contribution is 7.00. The van der Waals surface area contributed by atoms with Gasteiger partial charge in [0.15, 0.2) is 0 Å². The van der Waals surface area contributed by atoms with Crippen molar-refractivity contribution in [1.29, 1.82) is 0 Å². The van der Waals surface area contributed by atoms with E-state index in [0.29, 0.717) is 21.7 Å². The molecule has 0 aliphatic rings. The number of nitrogens with zero attached hydrogens (tertiary/aromatic N) is 2. The zero-order valence-electron chi connectivity index (χ0n) is 6.34. The molecule has 5 heteroatoms. The minimum Gasteiger partial charge on any atom is -0.397 e. The number of hydrogen-bond acceptors (Lipinski definition) is 4. The molecule has 1 aromatic heterocycles. The van der Waals surface area contributed by atoms with Crippen LogP contribution >= 0.6 is 23.3 Å². The van der Waals surface area contributed by atoms with E-state index < -0.39 is 0 Å². The molecule has 0 bridgehead atoms. The van der Waals surface area contributed by atoms with Crippen LogP contribution in [-0.2, 0) is 0 Å². The first-order valence-corrected chi connectivity index (χ1v) is 4.48. The highest BCUT2D eigenvalue weighted by atomic mass is 35.5. The highest BCUT2D eigenvalue weighted by Crippen LogP contribution is 2.29. The van der Waals surface area contributed by atoms with Gasteiger partial charge in [-0.15, -0.1) is 0 Å². The second-order valence-electron chi connectivity index (χ2n) is 2.55. The first-order chi connectivity index (χ1) is 5.70. The van der Waals surface area contributed by atoms with Crippen LogP contribution in [0.25, 0.3) is 11.0 Å². The number of nitrogen functional groups attached to an aromatic ring is 1. The summed E-state index contributed by atoms with van der Waals surface area (Å²) >= 11 is 7.05. The van der Waals surface area contributed by atoms with E-state index in [0.717, 1.165) is 17.3 Å². The number of halogens is 1. The Morgan fingerprint density at radius 1 is 1.42 bits per heavy atom. The molecule has 1 aromatic carbocycles. The quantitative estimate of drug-likeness (QED) is 0.662. The van der Waals surface area contributed by atoms with Crippen LogP contribution in [0.3, 0.4) is 0 Å². The van der Waals surface area contributed by atoms with Crippen molar-refractivity contribution < 1.29 is 0 Å². The number of hydrogen-bond donors (Lipinski definition) is 1. The summed E-state index contributed by atoms with van der Waals surface area (Å²) in [5.74, 6) is 0. The lowest BCUT2D eigenvalue weighted by Gasteiger charge is -2.00. The molecular weight excluding hydrogens is 194 g/mol. The predicted molar refractivity (Wildman–Crippen MR) is 51.6 cm³/mol. The number of rotatable bonds is 0. The molecule has 0 unspecified atom stereocenters. The third-order valence-electron chi connectivity index (χ3n) is 1.74. The summed E-state index contributed by atoms with van der Waals surface area (Å²) in [7, 11) is 0. The van der Waals surface area contributed by atoms with Crippen LogP contribution in [-0.4, -0.2) is 8.75 Å². The molecule has 0 aliphatic carbocycles. The summed E-state index contributed by atoms with van der Waals surface area (Å²) in [6, 6.07) is 1.81. The second-order valence-corrected chi connectivity index (χ2v) is 3.49. The normalized spacial score (nSPS) is 10.8. The summed E-state index contributed by atoms with van der Waals surface area (Å²) in [5.41, 5.74) is 8.80. The number of fused-ring (bicyclic) bond motifs is 1. The van der Waals surface area contributed by atoms with Crippen LogP contribution in [0.2, 0.25) is 5.02 Å². The van der Waals surface area contributed by atoms with Crippen molar-refractivity contribution in [3.63, 3.8) is 0 Å². The Balaban J connectivity index is 2.97. The van der Waals surface area contributed by atoms with Gasteiger partial charge in [0.2, 0.25) is 0 Å². The summed E-state index contributed by atoms with van der Waals surface area (Å²) < 4.78 is 8.10. The van der Waals surface area contributed by atoms with Gasteiger partial charge in [0.1, 0.15) is 11.0 Å². The second kappa shape index (κ2) is 2.57. The lowest BCUT2D eigenvalue weighted by Crippen LogP contribution is -1.91. The summed E-state index contributed by atoms with van der Waals surface area (Å²) in [6.45, 7) is 1.90. The Labute approximate surface area is 78.5 Å². The van der Waals surface area contributed by atoms with Crippen molar-refractivity contribution in [3.8, 4) is 0 Å². The Bertz CT molecular complexity index is 437. The Kier molecular flexibility index (Phi) is 1.66. The monoisotopic (exact) mass is 199 g/mol. The van der Waals surface area contributed by atoms with E-state index in [9.17, 15) is 0 Å². The van der Waals surface area contributed by atoms with E-state index in [4.69, 9.17) is 17.3 Å². The lowest BCUT2D eigenvalue weighted by atomic mass is 10.2. The summed E-state index contributed by atoms with van der Waals surface area (Å²) in [6.07, 6.45) is 0. The molecule has 0 saturated heterocycles. The third-order valence-corrected chi connectivity index (χ3v) is 2.55. The summed E-state index contributed by atoms with van der Waals surface area (Å²) in [5, 5.41) is 0.616. The fraction of sp³-hybridized carbons (Fsp3) is 0.143. The molecule has 2 rings (SSSR count). The van der Waals surface area contributed by atoms with Gasteiger partial charge in [0.05, 0.1) is 22.4 Å². The topological polar surface area (TPSA) is 51.8 Å². The van der Waals surface area contributed by atoms with Crippen LogP contribution in [0, 0.1) is 6.92 Å². The maximum Gasteiger partial charge on any atom is 0.129 e. The molecule has 1 heterocycles. The van der Waals surface area contributed by atoms with E-state index in [2.05, 4.69) is 8.75 Å². The van der Waals surface area contributed by atoms with Gasteiger partial charge in [0.25, 0.3) is 0 Å². The van der Waals surface area contributed by atoms with Crippen molar-refractivity contribution in [3.05, 3.63) is 16.7 Å². The summed E-state index contributed by atoms with van der Waals surface area (Å²) in [4.78, 5) is 0. The number of aromatic nitrogens is 2. The zero-order chi connectivity index (χ0) is 8.72. The predicted octanol–water partition coefficient (Wildman–Crippen LogP) is 2.24. The van der Waals surface area contributed by atoms with E-state index in [-0.39, 0.29) is 0 Å². The van der Waals surface area contributed by atoms with Crippen LogP contribution in [0.4, 0.5) is 5.69 Å². The first kappa shape index (κ1) is 7.76. The molecule has 2 aromatic rings. The minimum absolute atomic E-state index is 0.616. The Morgan fingerprint density at radius 2 is 2.08 bits per heavy atom. The number of aryl methyl sites for hydroxylation is 1. The molecule has 0 amide bonds. The fourth-order valence-corrected chi connectivity index (χ4v) is 1.96. The van der Waals surface area contributed by atoms with Crippen molar-refractivity contribution in [1.82, 2.24) is 8.75 Å². The molecule has 0 aliphatic heterocycles. The maximum atomic E-state index is 5.92. The maximum absolute atomic E-state index is 5.92. The molecule has 0 radical (unpaired) electrons. The Hall–Kier alpha value is -0.870. The van der Waals surface area contributed by atoms with Crippen molar-refractivity contribution in [2.24, 2.45) is 0 Å². The van der Waals surface area contributed by atoms with Gasteiger partial charge in [0, 0.05) is 0 Å². The molecule has 0 spiro atoms. The van der Waals surface area contributed by atoms with Crippen LogP contribution in [0.5, 0.6) is 0 Å². The van der Waals surface area contributed by atoms with Gasteiger partial charge >= 0.3 is 0 Å². The van der Waals surface area contributed by atoms with Crippen molar-refractivity contribution in [2.45, 2.75) is 6.92 Å². The molecular formula is C7H6ClN3S. The average Bonchev–Trinajstić information content (AvgIpc) is 2.48. The van der Waals surface area contributed by atoms with Gasteiger partial charge in [-0.25, -0.2) is 0 Å². The van der Waals surface area contributed by atoms with E-state index in [1.807, 2.05) is 6.92 Å². The first-order valence-electron chi connectivity index (χ1n) is 3.37. The smallest absolute Gasteiger partial charge is 0.129 e. The zero-order valence-corrected chi connectivity index (χ0v) is 7.91. The van der Waals surface area contributed by atoms with Crippen LogP contribution < -0.4 is 5.73 Å². The standard InChI is InChI=1S/C7H6ClN3S/c1-3-2-4(8)6-7(5(3)9)11-12-10-6/h2H,9H2,1H3. The van der Waals surface area contributed by atoms with Crippen molar-refractivity contribution in [2.75, 3.05) is 5.73 Å². The fourth-order valence-electron chi connectivity index (χ4n) is 1.04. The largest absolute Gasteiger partial charge is 0.397 e. The van der Waals surface area contributed by atoms with E-state index in [1.165, 1.54) is 0 Å². The molecule has 0 saturated carbocycles. The molecule has 12 heavy (non-hydrogen) atoms.